The molecule has 2 aromatic heterocycles. The number of fused-ring (bicyclic) bond motifs is 1. The molecule has 4 rings (SSSR count). The Morgan fingerprint density at radius 3 is 2.87 bits per heavy atom. The van der Waals surface area contributed by atoms with E-state index < -0.39 is 0 Å². The Hall–Kier alpha value is -2.41. The molecule has 2 fully saturated rings. The van der Waals surface area contributed by atoms with Crippen molar-refractivity contribution >= 4 is 5.91 Å². The molecule has 0 bridgehead atoms. The van der Waals surface area contributed by atoms with Crippen LogP contribution in [-0.4, -0.2) is 49.9 Å². The highest BCUT2D eigenvalue weighted by Gasteiger charge is 2.44. The molecule has 7 nitrogen and oxygen atoms in total. The molecule has 1 amide bonds. The van der Waals surface area contributed by atoms with E-state index in [1.54, 1.807) is 18.7 Å². The number of rotatable bonds is 2. The lowest BCUT2D eigenvalue weighted by Gasteiger charge is -2.18. The summed E-state index contributed by atoms with van der Waals surface area (Å²) in [5.41, 5.74) is 2.11. The molecular weight excluding hydrogens is 294 g/mol. The maximum atomic E-state index is 12.5. The van der Waals surface area contributed by atoms with Gasteiger partial charge in [-0.1, -0.05) is 0 Å². The number of likely N-dealkylation sites (tertiary alicyclic amines) is 1. The van der Waals surface area contributed by atoms with Crippen molar-refractivity contribution < 1.29 is 9.53 Å². The van der Waals surface area contributed by atoms with Gasteiger partial charge < -0.3 is 9.64 Å². The molecule has 0 aliphatic carbocycles. The van der Waals surface area contributed by atoms with Crippen molar-refractivity contribution in [3.05, 3.63) is 48.1 Å². The molecule has 0 saturated carbocycles. The maximum Gasteiger partial charge on any atom is 0.274 e. The fourth-order valence-corrected chi connectivity index (χ4v) is 3.28. The lowest BCUT2D eigenvalue weighted by Crippen LogP contribution is -2.31. The first-order chi connectivity index (χ1) is 11.2. The van der Waals surface area contributed by atoms with E-state index in [4.69, 9.17) is 4.74 Å². The normalized spacial score (nSPS) is 26.3. The quantitative estimate of drug-likeness (QED) is 0.828. The van der Waals surface area contributed by atoms with E-state index in [9.17, 15) is 4.79 Å². The van der Waals surface area contributed by atoms with E-state index in [-0.39, 0.29) is 18.1 Å². The standard InChI is InChI=1S/C16H17N5O2/c1-10-5-19-13(6-18-10)16(22)21-7-11-4-14(23-15(11)8-21)12-2-3-17-9-20-12/h2-3,5-6,9,11,14-15H,4,7-8H2,1H3/t11-,14-,15+/m0/s1. The van der Waals surface area contributed by atoms with Crippen LogP contribution in [0.2, 0.25) is 0 Å². The van der Waals surface area contributed by atoms with Crippen LogP contribution in [0.1, 0.15) is 34.4 Å². The zero-order chi connectivity index (χ0) is 15.8. The Labute approximate surface area is 133 Å². The number of carbonyl (C=O) groups excluding carboxylic acids is 1. The second kappa shape index (κ2) is 5.66. The van der Waals surface area contributed by atoms with E-state index >= 15 is 0 Å². The Bertz CT molecular complexity index is 692. The predicted octanol–water partition coefficient (Wildman–Crippen LogP) is 1.18. The molecule has 2 saturated heterocycles. The van der Waals surface area contributed by atoms with Crippen LogP contribution in [0, 0.1) is 12.8 Å². The first-order valence-electron chi connectivity index (χ1n) is 7.70. The molecule has 7 heteroatoms. The molecule has 118 valence electrons. The van der Waals surface area contributed by atoms with Gasteiger partial charge in [-0.05, 0) is 19.4 Å². The van der Waals surface area contributed by atoms with Crippen LogP contribution in [-0.2, 0) is 4.74 Å². The smallest absolute Gasteiger partial charge is 0.274 e. The lowest BCUT2D eigenvalue weighted by atomic mass is 10.0. The first kappa shape index (κ1) is 14.2. The number of nitrogens with zero attached hydrogens (tertiary/aromatic N) is 5. The van der Waals surface area contributed by atoms with Crippen LogP contribution in [0.15, 0.2) is 31.0 Å². The van der Waals surface area contributed by atoms with Crippen molar-refractivity contribution in [1.29, 1.82) is 0 Å². The van der Waals surface area contributed by atoms with E-state index in [1.807, 2.05) is 17.9 Å². The van der Waals surface area contributed by atoms with Crippen molar-refractivity contribution in [3.63, 3.8) is 0 Å². The van der Waals surface area contributed by atoms with Crippen LogP contribution < -0.4 is 0 Å². The number of hydrogen-bond donors (Lipinski definition) is 0. The van der Waals surface area contributed by atoms with Crippen LogP contribution in [0.4, 0.5) is 0 Å². The summed E-state index contributed by atoms with van der Waals surface area (Å²) < 4.78 is 6.09. The molecule has 23 heavy (non-hydrogen) atoms. The monoisotopic (exact) mass is 311 g/mol. The Balaban J connectivity index is 1.42. The van der Waals surface area contributed by atoms with Gasteiger partial charge in [-0.25, -0.2) is 15.0 Å². The lowest BCUT2D eigenvalue weighted by molar-refractivity contribution is 0.0334. The van der Waals surface area contributed by atoms with Crippen molar-refractivity contribution in [2.45, 2.75) is 25.6 Å². The zero-order valence-corrected chi connectivity index (χ0v) is 12.8. The van der Waals surface area contributed by atoms with Gasteiger partial charge in [0.1, 0.15) is 18.1 Å². The number of carbonyl (C=O) groups is 1. The topological polar surface area (TPSA) is 81.1 Å². The predicted molar refractivity (Wildman–Crippen MR) is 80.4 cm³/mol. The van der Waals surface area contributed by atoms with Crippen LogP contribution in [0.5, 0.6) is 0 Å². The minimum Gasteiger partial charge on any atom is -0.366 e. The number of aryl methyl sites for hydroxylation is 1. The van der Waals surface area contributed by atoms with Crippen LogP contribution >= 0.6 is 0 Å². The molecule has 4 heterocycles. The molecule has 2 aliphatic rings. The summed E-state index contributed by atoms with van der Waals surface area (Å²) in [6, 6.07) is 1.89. The van der Waals surface area contributed by atoms with Gasteiger partial charge in [0.05, 0.1) is 23.7 Å². The summed E-state index contributed by atoms with van der Waals surface area (Å²) >= 11 is 0. The zero-order valence-electron chi connectivity index (χ0n) is 12.8. The van der Waals surface area contributed by atoms with Gasteiger partial charge in [-0.3, -0.25) is 9.78 Å². The van der Waals surface area contributed by atoms with Crippen molar-refractivity contribution in [1.82, 2.24) is 24.8 Å². The fourth-order valence-electron chi connectivity index (χ4n) is 3.28. The van der Waals surface area contributed by atoms with Gasteiger partial charge in [0.15, 0.2) is 0 Å². The molecule has 0 radical (unpaired) electrons. The second-order valence-electron chi connectivity index (χ2n) is 6.05. The number of ether oxygens (including phenoxy) is 1. The summed E-state index contributed by atoms with van der Waals surface area (Å²) in [5.74, 6) is 0.270. The minimum absolute atomic E-state index is 0.00409. The van der Waals surface area contributed by atoms with E-state index in [0.29, 0.717) is 24.7 Å². The number of hydrogen-bond acceptors (Lipinski definition) is 6. The molecule has 0 spiro atoms. The Kier molecular flexibility index (Phi) is 3.49. The highest BCUT2D eigenvalue weighted by Crippen LogP contribution is 2.40. The summed E-state index contributed by atoms with van der Waals surface area (Å²) in [5, 5.41) is 0. The Morgan fingerprint density at radius 1 is 1.26 bits per heavy atom. The van der Waals surface area contributed by atoms with Crippen molar-refractivity contribution in [3.8, 4) is 0 Å². The van der Waals surface area contributed by atoms with E-state index in [2.05, 4.69) is 19.9 Å². The van der Waals surface area contributed by atoms with E-state index in [1.165, 1.54) is 6.20 Å². The van der Waals surface area contributed by atoms with Crippen LogP contribution in [0.3, 0.4) is 0 Å². The third-order valence-electron chi connectivity index (χ3n) is 4.46. The SMILES string of the molecule is Cc1cnc(C(=O)N2C[C@@H]3C[C@@H](c4ccncn4)O[C@@H]3C2)cn1. The van der Waals surface area contributed by atoms with E-state index in [0.717, 1.165) is 17.8 Å². The fraction of sp³-hybridized carbons (Fsp3) is 0.438. The van der Waals surface area contributed by atoms with Crippen molar-refractivity contribution in [2.75, 3.05) is 13.1 Å². The summed E-state index contributed by atoms with van der Waals surface area (Å²) in [6.07, 6.45) is 7.37. The molecular formula is C16H17N5O2. The first-order valence-corrected chi connectivity index (χ1v) is 7.70. The van der Waals surface area contributed by atoms with Gasteiger partial charge >= 0.3 is 0 Å². The van der Waals surface area contributed by atoms with Crippen molar-refractivity contribution in [2.24, 2.45) is 5.92 Å². The molecule has 0 unspecified atom stereocenters. The Morgan fingerprint density at radius 2 is 2.17 bits per heavy atom. The third kappa shape index (κ3) is 2.68. The average molecular weight is 311 g/mol. The average Bonchev–Trinajstić information content (AvgIpc) is 3.14. The molecule has 2 aliphatic heterocycles. The molecule has 0 aromatic carbocycles. The maximum absolute atomic E-state index is 12.5. The summed E-state index contributed by atoms with van der Waals surface area (Å²) in [7, 11) is 0. The van der Waals surface area contributed by atoms with Gasteiger partial charge in [0.25, 0.3) is 5.91 Å². The number of amides is 1. The van der Waals surface area contributed by atoms with Gasteiger partial charge in [0.2, 0.25) is 0 Å². The third-order valence-corrected chi connectivity index (χ3v) is 4.46. The van der Waals surface area contributed by atoms with Crippen LogP contribution in [0.25, 0.3) is 0 Å². The molecule has 3 atom stereocenters. The minimum atomic E-state index is -0.0749. The molecule has 2 aromatic rings. The highest BCUT2D eigenvalue weighted by molar-refractivity contribution is 5.92. The number of aromatic nitrogens is 4. The summed E-state index contributed by atoms with van der Waals surface area (Å²) in [6.45, 7) is 3.14. The van der Waals surface area contributed by atoms with Gasteiger partial charge in [0, 0.05) is 31.4 Å². The summed E-state index contributed by atoms with van der Waals surface area (Å²) in [4.78, 5) is 30.8. The second-order valence-corrected chi connectivity index (χ2v) is 6.05. The van der Waals surface area contributed by atoms with Gasteiger partial charge in [-0.2, -0.15) is 0 Å². The highest BCUT2D eigenvalue weighted by atomic mass is 16.5. The van der Waals surface area contributed by atoms with Gasteiger partial charge in [-0.15, -0.1) is 0 Å². The molecule has 0 N–H and O–H groups in total. The largest absolute Gasteiger partial charge is 0.366 e.